The summed E-state index contributed by atoms with van der Waals surface area (Å²) in [6.07, 6.45) is 3.35. The van der Waals surface area contributed by atoms with Crippen LogP contribution in [0.3, 0.4) is 0 Å². The first kappa shape index (κ1) is 13.5. The van der Waals surface area contributed by atoms with Crippen LogP contribution in [0.5, 0.6) is 0 Å². The monoisotopic (exact) mass is 275 g/mol. The van der Waals surface area contributed by atoms with E-state index in [0.29, 0.717) is 11.4 Å². The molecule has 100 valence electrons. The SMILES string of the molecule is CNC(=O)CCCn1ccc2c(C(N)=S)cccc21. The quantitative estimate of drug-likeness (QED) is 0.818. The average Bonchev–Trinajstić information content (AvgIpc) is 2.81. The number of aryl methyl sites for hydroxylation is 1. The molecule has 0 aliphatic carbocycles. The second-order valence-corrected chi connectivity index (χ2v) is 4.83. The van der Waals surface area contributed by atoms with Crippen LogP contribution in [0.15, 0.2) is 30.5 Å². The lowest BCUT2D eigenvalue weighted by molar-refractivity contribution is -0.120. The average molecular weight is 275 g/mol. The molecule has 0 bridgehead atoms. The van der Waals surface area contributed by atoms with Crippen molar-refractivity contribution < 1.29 is 4.79 Å². The van der Waals surface area contributed by atoms with E-state index < -0.39 is 0 Å². The number of thiocarbonyl (C=S) groups is 1. The summed E-state index contributed by atoms with van der Waals surface area (Å²) in [4.78, 5) is 11.6. The van der Waals surface area contributed by atoms with Gasteiger partial charge in [0.15, 0.2) is 0 Å². The van der Waals surface area contributed by atoms with E-state index in [9.17, 15) is 4.79 Å². The molecule has 1 aromatic heterocycles. The van der Waals surface area contributed by atoms with Gasteiger partial charge >= 0.3 is 0 Å². The molecule has 0 fully saturated rings. The van der Waals surface area contributed by atoms with Crippen LogP contribution < -0.4 is 11.1 Å². The number of hydrogen-bond acceptors (Lipinski definition) is 2. The zero-order valence-electron chi connectivity index (χ0n) is 10.8. The van der Waals surface area contributed by atoms with Gasteiger partial charge in [-0.05, 0) is 18.6 Å². The van der Waals surface area contributed by atoms with E-state index in [2.05, 4.69) is 9.88 Å². The Labute approximate surface area is 117 Å². The Kier molecular flexibility index (Phi) is 4.16. The minimum absolute atomic E-state index is 0.0697. The van der Waals surface area contributed by atoms with Crippen molar-refractivity contribution in [2.45, 2.75) is 19.4 Å². The van der Waals surface area contributed by atoms with E-state index in [0.717, 1.165) is 29.4 Å². The standard InChI is InChI=1S/C14H17N3OS/c1-16-13(18)6-3-8-17-9-7-10-11(14(15)19)4-2-5-12(10)17/h2,4-5,7,9H,3,6,8H2,1H3,(H2,15,19)(H,16,18). The molecular weight excluding hydrogens is 258 g/mol. The second-order valence-electron chi connectivity index (χ2n) is 4.39. The highest BCUT2D eigenvalue weighted by Gasteiger charge is 2.07. The van der Waals surface area contributed by atoms with Crippen LogP contribution in [0, 0.1) is 0 Å². The van der Waals surface area contributed by atoms with Crippen molar-refractivity contribution in [1.29, 1.82) is 0 Å². The van der Waals surface area contributed by atoms with Gasteiger partial charge in [0.25, 0.3) is 0 Å². The summed E-state index contributed by atoms with van der Waals surface area (Å²) in [5, 5.41) is 3.69. The van der Waals surface area contributed by atoms with Crippen LogP contribution in [0.1, 0.15) is 18.4 Å². The molecule has 0 radical (unpaired) electrons. The van der Waals surface area contributed by atoms with Crippen LogP contribution in [-0.2, 0) is 11.3 Å². The third kappa shape index (κ3) is 2.93. The van der Waals surface area contributed by atoms with Gasteiger partial charge in [-0.1, -0.05) is 24.4 Å². The zero-order chi connectivity index (χ0) is 13.8. The highest BCUT2D eigenvalue weighted by atomic mass is 32.1. The number of nitrogens with two attached hydrogens (primary N) is 1. The number of hydrogen-bond donors (Lipinski definition) is 2. The zero-order valence-corrected chi connectivity index (χ0v) is 11.7. The van der Waals surface area contributed by atoms with Gasteiger partial charge in [0.05, 0.1) is 0 Å². The molecule has 1 aromatic carbocycles. The topological polar surface area (TPSA) is 60.0 Å². The van der Waals surface area contributed by atoms with Crippen molar-refractivity contribution >= 4 is 34.0 Å². The Bertz CT molecular complexity index is 618. The highest BCUT2D eigenvalue weighted by molar-refractivity contribution is 7.80. The van der Waals surface area contributed by atoms with Gasteiger partial charge < -0.3 is 15.6 Å². The van der Waals surface area contributed by atoms with Gasteiger partial charge in [-0.15, -0.1) is 0 Å². The summed E-state index contributed by atoms with van der Waals surface area (Å²) in [5.74, 6) is 0.0697. The molecule has 0 atom stereocenters. The molecule has 19 heavy (non-hydrogen) atoms. The maximum absolute atomic E-state index is 11.2. The van der Waals surface area contributed by atoms with Gasteiger partial charge in [-0.25, -0.2) is 0 Å². The summed E-state index contributed by atoms with van der Waals surface area (Å²) in [6.45, 7) is 0.803. The molecule has 0 spiro atoms. The van der Waals surface area contributed by atoms with E-state index >= 15 is 0 Å². The smallest absolute Gasteiger partial charge is 0.219 e. The van der Waals surface area contributed by atoms with Gasteiger partial charge in [0.1, 0.15) is 4.99 Å². The first-order chi connectivity index (χ1) is 9.13. The lowest BCUT2D eigenvalue weighted by Gasteiger charge is -2.06. The molecule has 2 rings (SSSR count). The van der Waals surface area contributed by atoms with Gasteiger partial charge in [-0.3, -0.25) is 4.79 Å². The number of nitrogens with one attached hydrogen (secondary N) is 1. The summed E-state index contributed by atoms with van der Waals surface area (Å²) < 4.78 is 2.13. The first-order valence-electron chi connectivity index (χ1n) is 6.21. The number of benzene rings is 1. The van der Waals surface area contributed by atoms with Gasteiger partial charge in [-0.2, -0.15) is 0 Å². The summed E-state index contributed by atoms with van der Waals surface area (Å²) in [5.41, 5.74) is 7.72. The fraction of sp³-hybridized carbons (Fsp3) is 0.286. The molecule has 4 nitrogen and oxygen atoms in total. The Hall–Kier alpha value is -1.88. The molecule has 5 heteroatoms. The molecule has 0 saturated heterocycles. The van der Waals surface area contributed by atoms with Crippen LogP contribution >= 0.6 is 12.2 Å². The van der Waals surface area contributed by atoms with Crippen molar-refractivity contribution in [1.82, 2.24) is 9.88 Å². The predicted molar refractivity (Wildman–Crippen MR) is 81.1 cm³/mol. The molecule has 0 unspecified atom stereocenters. The third-order valence-corrected chi connectivity index (χ3v) is 3.38. The first-order valence-corrected chi connectivity index (χ1v) is 6.62. The van der Waals surface area contributed by atoms with E-state index in [1.165, 1.54) is 0 Å². The van der Waals surface area contributed by atoms with Gasteiger partial charge in [0, 0.05) is 42.7 Å². The summed E-state index contributed by atoms with van der Waals surface area (Å²) in [7, 11) is 1.65. The van der Waals surface area contributed by atoms with E-state index in [-0.39, 0.29) is 5.91 Å². The summed E-state index contributed by atoms with van der Waals surface area (Å²) >= 11 is 5.05. The number of amides is 1. The lowest BCUT2D eigenvalue weighted by Crippen LogP contribution is -2.17. The van der Waals surface area contributed by atoms with Crippen molar-refractivity contribution in [3.8, 4) is 0 Å². The maximum Gasteiger partial charge on any atom is 0.219 e. The van der Waals surface area contributed by atoms with E-state index in [4.69, 9.17) is 18.0 Å². The fourth-order valence-corrected chi connectivity index (χ4v) is 2.35. The Morgan fingerprint density at radius 1 is 1.42 bits per heavy atom. The number of carbonyl (C=O) groups excluding carboxylic acids is 1. The molecule has 2 aromatic rings. The van der Waals surface area contributed by atoms with Crippen molar-refractivity contribution in [3.63, 3.8) is 0 Å². The third-order valence-electron chi connectivity index (χ3n) is 3.16. The van der Waals surface area contributed by atoms with Crippen LogP contribution in [0.25, 0.3) is 10.9 Å². The molecule has 3 N–H and O–H groups in total. The fourth-order valence-electron chi connectivity index (χ4n) is 2.17. The summed E-state index contributed by atoms with van der Waals surface area (Å²) in [6, 6.07) is 7.94. The minimum atomic E-state index is 0.0697. The number of carbonyl (C=O) groups is 1. The van der Waals surface area contributed by atoms with Crippen molar-refractivity contribution in [2.75, 3.05) is 7.05 Å². The number of rotatable bonds is 5. The van der Waals surface area contributed by atoms with Crippen LogP contribution in [-0.4, -0.2) is 22.5 Å². The number of fused-ring (bicyclic) bond motifs is 1. The molecular formula is C14H17N3OS. The Morgan fingerprint density at radius 3 is 2.89 bits per heavy atom. The van der Waals surface area contributed by atoms with Crippen LogP contribution in [0.4, 0.5) is 0 Å². The van der Waals surface area contributed by atoms with E-state index in [1.54, 1.807) is 7.05 Å². The largest absolute Gasteiger partial charge is 0.389 e. The molecule has 0 aliphatic rings. The van der Waals surface area contributed by atoms with Crippen LogP contribution in [0.2, 0.25) is 0 Å². The molecule has 1 heterocycles. The number of aromatic nitrogens is 1. The molecule has 0 saturated carbocycles. The number of nitrogens with zero attached hydrogens (tertiary/aromatic N) is 1. The molecule has 1 amide bonds. The van der Waals surface area contributed by atoms with Crippen molar-refractivity contribution in [3.05, 3.63) is 36.0 Å². The Morgan fingerprint density at radius 2 is 2.21 bits per heavy atom. The normalized spacial score (nSPS) is 10.6. The minimum Gasteiger partial charge on any atom is -0.389 e. The Balaban J connectivity index is 2.19. The predicted octanol–water partition coefficient (Wildman–Crippen LogP) is 1.80. The van der Waals surface area contributed by atoms with Gasteiger partial charge in [0.2, 0.25) is 5.91 Å². The maximum atomic E-state index is 11.2. The second kappa shape index (κ2) is 5.84. The highest BCUT2D eigenvalue weighted by Crippen LogP contribution is 2.20. The lowest BCUT2D eigenvalue weighted by atomic mass is 10.1. The van der Waals surface area contributed by atoms with E-state index in [1.807, 2.05) is 30.5 Å². The molecule has 0 aliphatic heterocycles. The van der Waals surface area contributed by atoms with Crippen molar-refractivity contribution in [2.24, 2.45) is 5.73 Å².